The van der Waals surface area contributed by atoms with E-state index in [9.17, 15) is 23.1 Å². The Kier molecular flexibility index (Phi) is 4.71. The predicted octanol–water partition coefficient (Wildman–Crippen LogP) is 1.99. The van der Waals surface area contributed by atoms with Crippen LogP contribution in [0.1, 0.15) is 55.3 Å². The van der Waals surface area contributed by atoms with Gasteiger partial charge in [-0.25, -0.2) is 8.42 Å². The van der Waals surface area contributed by atoms with Crippen LogP contribution in [0.3, 0.4) is 0 Å². The van der Waals surface area contributed by atoms with Gasteiger partial charge in [0, 0.05) is 17.6 Å². The second kappa shape index (κ2) is 6.91. The van der Waals surface area contributed by atoms with Crippen LogP contribution in [0.15, 0.2) is 29.2 Å². The number of carboxylic acid groups (broad SMARTS) is 1. The molecular formula is C19H24N2O5S. The lowest BCUT2D eigenvalue weighted by Gasteiger charge is -2.32. The first-order chi connectivity index (χ1) is 12.9. The van der Waals surface area contributed by atoms with Gasteiger partial charge in [0.15, 0.2) is 0 Å². The second-order valence-electron chi connectivity index (χ2n) is 7.81. The molecule has 0 aromatic heterocycles. The molecule has 3 atom stereocenters. The first kappa shape index (κ1) is 18.4. The van der Waals surface area contributed by atoms with E-state index in [1.807, 2.05) is 0 Å². The highest BCUT2D eigenvalue weighted by Crippen LogP contribution is 2.42. The summed E-state index contributed by atoms with van der Waals surface area (Å²) in [5.74, 6) is -1.30. The van der Waals surface area contributed by atoms with Crippen molar-refractivity contribution in [1.29, 1.82) is 0 Å². The number of carbonyl (C=O) groups excluding carboxylic acids is 1. The zero-order valence-electron chi connectivity index (χ0n) is 15.0. The van der Waals surface area contributed by atoms with E-state index in [4.69, 9.17) is 0 Å². The Bertz CT molecular complexity index is 865. The van der Waals surface area contributed by atoms with Crippen molar-refractivity contribution in [3.05, 3.63) is 29.8 Å². The largest absolute Gasteiger partial charge is 0.480 e. The molecule has 1 saturated heterocycles. The van der Waals surface area contributed by atoms with E-state index in [1.54, 1.807) is 12.1 Å². The van der Waals surface area contributed by atoms with Crippen LogP contribution < -0.4 is 5.32 Å². The summed E-state index contributed by atoms with van der Waals surface area (Å²) in [6.07, 6.45) is 5.73. The fraction of sp³-hybridized carbons (Fsp3) is 0.579. The van der Waals surface area contributed by atoms with Crippen LogP contribution in [0.5, 0.6) is 0 Å². The number of carbonyl (C=O) groups is 2. The molecule has 1 heterocycles. The molecule has 0 radical (unpaired) electrons. The average Bonchev–Trinajstić information content (AvgIpc) is 3.37. The van der Waals surface area contributed by atoms with Crippen molar-refractivity contribution >= 4 is 21.9 Å². The standard InChI is InChI=1S/C19H24N2O5S/c22-18(20-14-8-9-14)13-5-3-6-15(10-13)27(25,26)21-16-7-2-1-4-12(16)11-17(21)19(23)24/h3,5-6,10,12,14,16-17H,1-2,4,7-9,11H2,(H,20,22)(H,23,24). The van der Waals surface area contributed by atoms with E-state index in [-0.39, 0.29) is 34.4 Å². The summed E-state index contributed by atoms with van der Waals surface area (Å²) in [5, 5.41) is 12.5. The molecule has 146 valence electrons. The normalized spacial score (nSPS) is 28.5. The molecular weight excluding hydrogens is 368 g/mol. The molecule has 1 aromatic rings. The van der Waals surface area contributed by atoms with Gasteiger partial charge in [0.25, 0.3) is 5.91 Å². The number of benzene rings is 1. The smallest absolute Gasteiger partial charge is 0.322 e. The maximum absolute atomic E-state index is 13.3. The Morgan fingerprint density at radius 1 is 1.11 bits per heavy atom. The fourth-order valence-corrected chi connectivity index (χ4v) is 6.31. The van der Waals surface area contributed by atoms with Crippen molar-refractivity contribution in [2.24, 2.45) is 5.92 Å². The molecule has 4 rings (SSSR count). The van der Waals surface area contributed by atoms with Gasteiger partial charge in [-0.15, -0.1) is 0 Å². The zero-order chi connectivity index (χ0) is 19.2. The van der Waals surface area contributed by atoms with Crippen LogP contribution >= 0.6 is 0 Å². The summed E-state index contributed by atoms with van der Waals surface area (Å²) in [4.78, 5) is 24.0. The molecule has 27 heavy (non-hydrogen) atoms. The van der Waals surface area contributed by atoms with Gasteiger partial charge in [0.1, 0.15) is 6.04 Å². The van der Waals surface area contributed by atoms with Gasteiger partial charge in [0.2, 0.25) is 10.0 Å². The quantitative estimate of drug-likeness (QED) is 0.797. The van der Waals surface area contributed by atoms with E-state index in [0.29, 0.717) is 12.8 Å². The van der Waals surface area contributed by atoms with Gasteiger partial charge in [-0.05, 0) is 56.2 Å². The maximum atomic E-state index is 13.3. The summed E-state index contributed by atoms with van der Waals surface area (Å²) in [6, 6.07) is 4.80. The maximum Gasteiger partial charge on any atom is 0.322 e. The lowest BCUT2D eigenvalue weighted by Crippen LogP contribution is -2.46. The van der Waals surface area contributed by atoms with Gasteiger partial charge >= 0.3 is 5.97 Å². The highest BCUT2D eigenvalue weighted by Gasteiger charge is 2.51. The molecule has 8 heteroatoms. The molecule has 0 spiro atoms. The minimum Gasteiger partial charge on any atom is -0.480 e. The monoisotopic (exact) mass is 392 g/mol. The molecule has 3 aliphatic rings. The summed E-state index contributed by atoms with van der Waals surface area (Å²) >= 11 is 0. The molecule has 1 amide bonds. The SMILES string of the molecule is O=C(NC1CC1)c1cccc(S(=O)(=O)N2C(C(=O)O)CC3CCCCC32)c1. The highest BCUT2D eigenvalue weighted by atomic mass is 32.2. The number of nitrogens with zero attached hydrogens (tertiary/aromatic N) is 1. The summed E-state index contributed by atoms with van der Waals surface area (Å²) in [7, 11) is -4.00. The van der Waals surface area contributed by atoms with Crippen molar-refractivity contribution in [1.82, 2.24) is 9.62 Å². The molecule has 0 bridgehead atoms. The summed E-state index contributed by atoms with van der Waals surface area (Å²) in [6.45, 7) is 0. The summed E-state index contributed by atoms with van der Waals surface area (Å²) in [5.41, 5.74) is 0.286. The highest BCUT2D eigenvalue weighted by molar-refractivity contribution is 7.89. The van der Waals surface area contributed by atoms with Crippen LogP contribution in [0.25, 0.3) is 0 Å². The lowest BCUT2D eigenvalue weighted by atomic mass is 9.85. The fourth-order valence-electron chi connectivity index (χ4n) is 4.39. The molecule has 1 aromatic carbocycles. The van der Waals surface area contributed by atoms with E-state index in [2.05, 4.69) is 5.32 Å². The predicted molar refractivity (Wildman–Crippen MR) is 97.7 cm³/mol. The van der Waals surface area contributed by atoms with E-state index in [0.717, 1.165) is 32.1 Å². The van der Waals surface area contributed by atoms with E-state index < -0.39 is 22.0 Å². The molecule has 2 aliphatic carbocycles. The molecule has 1 aliphatic heterocycles. The number of sulfonamides is 1. The number of amides is 1. The molecule has 2 saturated carbocycles. The lowest BCUT2D eigenvalue weighted by molar-refractivity contribution is -0.141. The van der Waals surface area contributed by atoms with Gasteiger partial charge in [-0.3, -0.25) is 9.59 Å². The number of nitrogens with one attached hydrogen (secondary N) is 1. The minimum atomic E-state index is -4.00. The van der Waals surface area contributed by atoms with Crippen molar-refractivity contribution in [2.75, 3.05) is 0 Å². The molecule has 3 fully saturated rings. The van der Waals surface area contributed by atoms with Crippen molar-refractivity contribution < 1.29 is 23.1 Å². The zero-order valence-corrected chi connectivity index (χ0v) is 15.8. The van der Waals surface area contributed by atoms with Crippen LogP contribution in [0.2, 0.25) is 0 Å². The van der Waals surface area contributed by atoms with Crippen LogP contribution in [0.4, 0.5) is 0 Å². The third kappa shape index (κ3) is 3.48. The molecule has 2 N–H and O–H groups in total. The third-order valence-electron chi connectivity index (χ3n) is 5.90. The number of carboxylic acids is 1. The first-order valence-corrected chi connectivity index (χ1v) is 11.0. The second-order valence-corrected chi connectivity index (χ2v) is 9.66. The first-order valence-electron chi connectivity index (χ1n) is 9.55. The Labute approximate surface area is 158 Å². The number of fused-ring (bicyclic) bond motifs is 1. The molecule has 3 unspecified atom stereocenters. The number of rotatable bonds is 5. The van der Waals surface area contributed by atoms with Gasteiger partial charge in [-0.2, -0.15) is 4.31 Å². The Hall–Kier alpha value is -1.93. The number of hydrogen-bond donors (Lipinski definition) is 2. The Balaban J connectivity index is 1.66. The van der Waals surface area contributed by atoms with Crippen LogP contribution in [-0.4, -0.2) is 47.8 Å². The number of aliphatic carboxylic acids is 1. The van der Waals surface area contributed by atoms with Crippen molar-refractivity contribution in [3.63, 3.8) is 0 Å². The summed E-state index contributed by atoms with van der Waals surface area (Å²) < 4.78 is 27.9. The van der Waals surface area contributed by atoms with Crippen LogP contribution in [0, 0.1) is 5.92 Å². The van der Waals surface area contributed by atoms with Gasteiger partial charge < -0.3 is 10.4 Å². The van der Waals surface area contributed by atoms with E-state index in [1.165, 1.54) is 16.4 Å². The minimum absolute atomic E-state index is 0.0107. The van der Waals surface area contributed by atoms with Crippen molar-refractivity contribution in [2.45, 2.75) is 68.0 Å². The molecule has 7 nitrogen and oxygen atoms in total. The van der Waals surface area contributed by atoms with E-state index >= 15 is 0 Å². The third-order valence-corrected chi connectivity index (χ3v) is 7.83. The number of hydrogen-bond acceptors (Lipinski definition) is 4. The average molecular weight is 392 g/mol. The van der Waals surface area contributed by atoms with Gasteiger partial charge in [-0.1, -0.05) is 18.9 Å². The van der Waals surface area contributed by atoms with Crippen LogP contribution in [-0.2, 0) is 14.8 Å². The Morgan fingerprint density at radius 2 is 1.85 bits per heavy atom. The topological polar surface area (TPSA) is 104 Å². The van der Waals surface area contributed by atoms with Gasteiger partial charge in [0.05, 0.1) is 4.90 Å². The Morgan fingerprint density at radius 3 is 2.56 bits per heavy atom. The van der Waals surface area contributed by atoms with Crippen molar-refractivity contribution in [3.8, 4) is 0 Å².